The molecule has 29 heavy (non-hydrogen) atoms. The molecule has 1 N–H and O–H groups in total. The van der Waals surface area contributed by atoms with Gasteiger partial charge in [0, 0.05) is 37.8 Å². The summed E-state index contributed by atoms with van der Waals surface area (Å²) in [6.45, 7) is 2.67. The predicted molar refractivity (Wildman–Crippen MR) is 106 cm³/mol. The van der Waals surface area contributed by atoms with E-state index < -0.39 is 14.9 Å². The van der Waals surface area contributed by atoms with E-state index in [1.54, 1.807) is 7.11 Å². The third kappa shape index (κ3) is 5.30. The van der Waals surface area contributed by atoms with Crippen LogP contribution in [0.5, 0.6) is 5.75 Å². The first-order chi connectivity index (χ1) is 13.9. The Morgan fingerprint density at radius 3 is 2.52 bits per heavy atom. The number of methoxy groups -OCH3 is 1. The van der Waals surface area contributed by atoms with Gasteiger partial charge in [0.05, 0.1) is 30.1 Å². The lowest BCUT2D eigenvalue weighted by Crippen LogP contribution is -2.43. The van der Waals surface area contributed by atoms with E-state index in [2.05, 4.69) is 9.62 Å². The van der Waals surface area contributed by atoms with E-state index in [1.165, 1.54) is 24.3 Å². The number of morpholine rings is 1. The fraction of sp³-hybridized carbons (Fsp3) is 0.368. The number of sulfonamides is 1. The standard InChI is InChI=1S/C19H23N3O6S/c1-27-17-4-2-3-15(13-17)19(21-9-11-28-12-10-21)14-20-29(25,26)18-7-5-16(6-8-18)22(23)24/h2-8,13,19-20H,9-12,14H2,1H3/t19-/m0/s1. The zero-order valence-corrected chi connectivity index (χ0v) is 16.8. The quantitative estimate of drug-likeness (QED) is 0.512. The molecule has 0 saturated carbocycles. The number of ether oxygens (including phenoxy) is 2. The molecule has 0 radical (unpaired) electrons. The molecule has 3 rings (SSSR count). The number of nitro benzene ring substituents is 1. The van der Waals surface area contributed by atoms with Crippen molar-refractivity contribution < 1.29 is 22.8 Å². The summed E-state index contributed by atoms with van der Waals surface area (Å²) in [4.78, 5) is 12.4. The fourth-order valence-electron chi connectivity index (χ4n) is 3.21. The molecule has 9 nitrogen and oxygen atoms in total. The van der Waals surface area contributed by atoms with Crippen LogP contribution >= 0.6 is 0 Å². The van der Waals surface area contributed by atoms with Gasteiger partial charge in [-0.1, -0.05) is 12.1 Å². The van der Waals surface area contributed by atoms with Crippen LogP contribution < -0.4 is 9.46 Å². The highest BCUT2D eigenvalue weighted by Crippen LogP contribution is 2.25. The molecule has 0 spiro atoms. The van der Waals surface area contributed by atoms with Gasteiger partial charge in [-0.2, -0.15) is 0 Å². The average molecular weight is 421 g/mol. The fourth-order valence-corrected chi connectivity index (χ4v) is 4.25. The van der Waals surface area contributed by atoms with E-state index in [1.807, 2.05) is 24.3 Å². The van der Waals surface area contributed by atoms with Crippen molar-refractivity contribution in [3.63, 3.8) is 0 Å². The molecule has 1 aliphatic heterocycles. The highest BCUT2D eigenvalue weighted by Gasteiger charge is 2.25. The lowest BCUT2D eigenvalue weighted by Gasteiger charge is -2.35. The van der Waals surface area contributed by atoms with E-state index in [0.717, 1.165) is 5.56 Å². The van der Waals surface area contributed by atoms with Crippen LogP contribution in [0, 0.1) is 10.1 Å². The second kappa shape index (κ2) is 9.31. The highest BCUT2D eigenvalue weighted by molar-refractivity contribution is 7.89. The van der Waals surface area contributed by atoms with Gasteiger partial charge < -0.3 is 9.47 Å². The minimum Gasteiger partial charge on any atom is -0.497 e. The summed E-state index contributed by atoms with van der Waals surface area (Å²) in [5.74, 6) is 0.694. The molecule has 0 unspecified atom stereocenters. The Morgan fingerprint density at radius 2 is 1.90 bits per heavy atom. The van der Waals surface area contributed by atoms with Crippen LogP contribution in [0.15, 0.2) is 53.4 Å². The number of non-ortho nitro benzene ring substituents is 1. The number of nitrogens with one attached hydrogen (secondary N) is 1. The summed E-state index contributed by atoms with van der Waals surface area (Å²) < 4.78 is 38.8. The predicted octanol–water partition coefficient (Wildman–Crippen LogP) is 1.96. The average Bonchev–Trinajstić information content (AvgIpc) is 2.75. The van der Waals surface area contributed by atoms with Crippen molar-refractivity contribution in [2.24, 2.45) is 0 Å². The van der Waals surface area contributed by atoms with Crippen LogP contribution in [0.4, 0.5) is 5.69 Å². The van der Waals surface area contributed by atoms with Gasteiger partial charge in [0.2, 0.25) is 10.0 Å². The van der Waals surface area contributed by atoms with Gasteiger partial charge in [-0.05, 0) is 29.8 Å². The smallest absolute Gasteiger partial charge is 0.269 e. The SMILES string of the molecule is COc1cccc([C@H](CNS(=O)(=O)c2ccc([N+](=O)[O-])cc2)N2CCOCC2)c1. The zero-order valence-electron chi connectivity index (χ0n) is 16.0. The number of hydrogen-bond donors (Lipinski definition) is 1. The summed E-state index contributed by atoms with van der Waals surface area (Å²) in [6, 6.07) is 12.1. The zero-order chi connectivity index (χ0) is 20.9. The number of hydrogen-bond acceptors (Lipinski definition) is 7. The maximum absolute atomic E-state index is 12.7. The van der Waals surface area contributed by atoms with Crippen molar-refractivity contribution in [2.75, 3.05) is 40.0 Å². The summed E-state index contributed by atoms with van der Waals surface area (Å²) in [6.07, 6.45) is 0. The van der Waals surface area contributed by atoms with Gasteiger partial charge in [0.25, 0.3) is 5.69 Å². The van der Waals surface area contributed by atoms with Crippen LogP contribution in [0.25, 0.3) is 0 Å². The molecular formula is C19H23N3O6S. The van der Waals surface area contributed by atoms with Crippen LogP contribution in [0.1, 0.15) is 11.6 Å². The number of rotatable bonds is 8. The van der Waals surface area contributed by atoms with Gasteiger partial charge in [-0.15, -0.1) is 0 Å². The van der Waals surface area contributed by atoms with E-state index in [0.29, 0.717) is 32.1 Å². The molecule has 1 heterocycles. The van der Waals surface area contributed by atoms with Crippen molar-refractivity contribution >= 4 is 15.7 Å². The minimum atomic E-state index is -3.82. The second-order valence-corrected chi connectivity index (χ2v) is 8.31. The lowest BCUT2D eigenvalue weighted by atomic mass is 10.0. The minimum absolute atomic E-state index is 0.0190. The monoisotopic (exact) mass is 421 g/mol. The second-order valence-electron chi connectivity index (χ2n) is 6.54. The van der Waals surface area contributed by atoms with E-state index in [9.17, 15) is 18.5 Å². The molecule has 1 atom stereocenters. The van der Waals surface area contributed by atoms with Crippen molar-refractivity contribution in [1.82, 2.24) is 9.62 Å². The van der Waals surface area contributed by atoms with Crippen LogP contribution in [0.2, 0.25) is 0 Å². The van der Waals surface area contributed by atoms with E-state index in [4.69, 9.17) is 9.47 Å². The molecule has 1 aliphatic rings. The molecule has 1 fully saturated rings. The number of nitrogens with zero attached hydrogens (tertiary/aromatic N) is 2. The van der Waals surface area contributed by atoms with E-state index in [-0.39, 0.29) is 23.2 Å². The molecule has 156 valence electrons. The van der Waals surface area contributed by atoms with Crippen LogP contribution in [-0.4, -0.2) is 58.2 Å². The molecular weight excluding hydrogens is 398 g/mol. The summed E-state index contributed by atoms with van der Waals surface area (Å²) >= 11 is 0. The maximum atomic E-state index is 12.7. The molecule has 1 saturated heterocycles. The van der Waals surface area contributed by atoms with E-state index >= 15 is 0 Å². The van der Waals surface area contributed by atoms with Crippen molar-refractivity contribution in [1.29, 1.82) is 0 Å². The third-order valence-electron chi connectivity index (χ3n) is 4.79. The summed E-state index contributed by atoms with van der Waals surface area (Å²) in [5, 5.41) is 10.8. The lowest BCUT2D eigenvalue weighted by molar-refractivity contribution is -0.384. The Morgan fingerprint density at radius 1 is 1.21 bits per heavy atom. The number of benzene rings is 2. The third-order valence-corrected chi connectivity index (χ3v) is 6.23. The molecule has 0 amide bonds. The molecule has 0 aliphatic carbocycles. The molecule has 0 bridgehead atoms. The first-order valence-corrected chi connectivity index (χ1v) is 10.6. The first kappa shape index (κ1) is 21.2. The first-order valence-electron chi connectivity index (χ1n) is 9.10. The maximum Gasteiger partial charge on any atom is 0.269 e. The summed E-state index contributed by atoms with van der Waals surface area (Å²) in [5.41, 5.74) is 0.768. The van der Waals surface area contributed by atoms with Crippen molar-refractivity contribution in [2.45, 2.75) is 10.9 Å². The molecule has 2 aromatic rings. The topological polar surface area (TPSA) is 111 Å². The van der Waals surface area contributed by atoms with Crippen molar-refractivity contribution in [3.05, 3.63) is 64.2 Å². The Balaban J connectivity index is 1.80. The van der Waals surface area contributed by atoms with Crippen LogP contribution in [0.3, 0.4) is 0 Å². The Labute approximate surface area is 169 Å². The normalized spacial score (nSPS) is 16.3. The Hall–Kier alpha value is -2.53. The number of nitro groups is 1. The van der Waals surface area contributed by atoms with Gasteiger partial charge in [-0.3, -0.25) is 15.0 Å². The van der Waals surface area contributed by atoms with Gasteiger partial charge in [-0.25, -0.2) is 13.1 Å². The molecule has 0 aromatic heterocycles. The Bertz CT molecular complexity index is 943. The largest absolute Gasteiger partial charge is 0.497 e. The van der Waals surface area contributed by atoms with Gasteiger partial charge in [0.1, 0.15) is 5.75 Å². The van der Waals surface area contributed by atoms with Gasteiger partial charge in [0.15, 0.2) is 0 Å². The van der Waals surface area contributed by atoms with Crippen molar-refractivity contribution in [3.8, 4) is 5.75 Å². The molecule has 10 heteroatoms. The highest BCUT2D eigenvalue weighted by atomic mass is 32.2. The summed E-state index contributed by atoms with van der Waals surface area (Å²) in [7, 11) is -2.24. The van der Waals surface area contributed by atoms with Gasteiger partial charge >= 0.3 is 0 Å². The Kier molecular flexibility index (Phi) is 6.80. The van der Waals surface area contributed by atoms with Crippen LogP contribution in [-0.2, 0) is 14.8 Å². The molecule has 2 aromatic carbocycles.